The number of unbranched alkanes of at least 4 members (excludes halogenated alkanes) is 2. The number of hydrogen-bond donors (Lipinski definition) is 3. The molecule has 3 N–H and O–H groups in total. The minimum Gasteiger partial charge on any atom is -0.481 e. The van der Waals surface area contributed by atoms with Crippen molar-refractivity contribution in [3.05, 3.63) is 35.4 Å². The molecule has 0 fully saturated rings. The summed E-state index contributed by atoms with van der Waals surface area (Å²) in [6.45, 7) is 5.62. The lowest BCUT2D eigenvalue weighted by Gasteiger charge is -2.15. The van der Waals surface area contributed by atoms with E-state index in [0.29, 0.717) is 18.5 Å². The first-order valence-electron chi connectivity index (χ1n) is 9.18. The third-order valence-electron chi connectivity index (χ3n) is 3.80. The van der Waals surface area contributed by atoms with Crippen LogP contribution < -0.4 is 10.6 Å². The van der Waals surface area contributed by atoms with Gasteiger partial charge in [-0.2, -0.15) is 0 Å². The molecule has 0 heterocycles. The zero-order valence-corrected chi connectivity index (χ0v) is 16.5. The van der Waals surface area contributed by atoms with Gasteiger partial charge in [-0.1, -0.05) is 18.6 Å². The summed E-state index contributed by atoms with van der Waals surface area (Å²) in [4.78, 5) is 45.7. The Morgan fingerprint density at radius 3 is 2.18 bits per heavy atom. The van der Waals surface area contributed by atoms with Gasteiger partial charge < -0.3 is 20.5 Å². The summed E-state index contributed by atoms with van der Waals surface area (Å²) in [5.74, 6) is -1.64. The summed E-state index contributed by atoms with van der Waals surface area (Å²) in [6.07, 6.45) is 1.38. The van der Waals surface area contributed by atoms with E-state index in [4.69, 9.17) is 9.84 Å². The number of amides is 2. The molecule has 8 nitrogen and oxygen atoms in total. The fourth-order valence-corrected chi connectivity index (χ4v) is 2.10. The third kappa shape index (κ3) is 9.16. The average molecular weight is 392 g/mol. The number of carbonyl (C=O) groups is 4. The summed E-state index contributed by atoms with van der Waals surface area (Å²) < 4.78 is 4.70. The molecular formula is C20H28N2O6. The minimum absolute atomic E-state index is 0.140. The molecule has 0 atom stereocenters. The second kappa shape index (κ2) is 11.1. The highest BCUT2D eigenvalue weighted by atomic mass is 16.6. The maximum Gasteiger partial charge on any atom is 0.415 e. The van der Waals surface area contributed by atoms with E-state index < -0.39 is 23.4 Å². The van der Waals surface area contributed by atoms with Crippen molar-refractivity contribution in [1.82, 2.24) is 10.6 Å². The van der Waals surface area contributed by atoms with Crippen molar-refractivity contribution >= 4 is 23.9 Å². The van der Waals surface area contributed by atoms with Gasteiger partial charge in [0.15, 0.2) is 0 Å². The van der Waals surface area contributed by atoms with Crippen LogP contribution in [0.1, 0.15) is 62.4 Å². The molecule has 0 saturated heterocycles. The van der Waals surface area contributed by atoms with Crippen molar-refractivity contribution in [3.63, 3.8) is 0 Å². The lowest BCUT2D eigenvalue weighted by molar-refractivity contribution is -0.146. The number of alkyl carbamates (subject to hydrolysis) is 1. The fraction of sp³-hybridized carbons (Fsp3) is 0.500. The second-order valence-electron chi connectivity index (χ2n) is 7.44. The van der Waals surface area contributed by atoms with Crippen LogP contribution in [0.5, 0.6) is 0 Å². The molecule has 28 heavy (non-hydrogen) atoms. The number of carbonyl (C=O) groups excluding carboxylic acids is 3. The van der Waals surface area contributed by atoms with Crippen molar-refractivity contribution in [2.75, 3.05) is 6.54 Å². The molecule has 0 bridgehead atoms. The van der Waals surface area contributed by atoms with Crippen molar-refractivity contribution in [2.24, 2.45) is 5.41 Å². The number of carboxylic acid groups (broad SMARTS) is 1. The normalized spacial score (nSPS) is 10.8. The predicted molar refractivity (Wildman–Crippen MR) is 103 cm³/mol. The van der Waals surface area contributed by atoms with Gasteiger partial charge in [0.05, 0.1) is 5.41 Å². The molecule has 8 heteroatoms. The van der Waals surface area contributed by atoms with Gasteiger partial charge in [-0.25, -0.2) is 4.79 Å². The van der Waals surface area contributed by atoms with Crippen LogP contribution in [0.2, 0.25) is 0 Å². The number of hydrogen-bond acceptors (Lipinski definition) is 5. The standard InChI is InChI=1S/C20H28N2O6/c1-20(2,3)18(26)28-19(27)22-13-14-8-10-15(11-9-14)17(25)21-12-6-4-5-7-16(23)24/h8-11H,4-7,12-13H2,1-3H3,(H,21,25)(H,22,27)(H,23,24). The Kier molecular flexibility index (Phi) is 9.14. The van der Waals surface area contributed by atoms with Crippen LogP contribution in [-0.2, 0) is 20.9 Å². The van der Waals surface area contributed by atoms with Crippen molar-refractivity contribution in [3.8, 4) is 0 Å². The summed E-state index contributed by atoms with van der Waals surface area (Å²) in [7, 11) is 0. The van der Waals surface area contributed by atoms with E-state index in [1.54, 1.807) is 45.0 Å². The maximum absolute atomic E-state index is 12.0. The lowest BCUT2D eigenvalue weighted by atomic mass is 9.98. The highest BCUT2D eigenvalue weighted by Crippen LogP contribution is 2.15. The van der Waals surface area contributed by atoms with Crippen molar-refractivity contribution < 1.29 is 29.0 Å². The minimum atomic E-state index is -0.815. The van der Waals surface area contributed by atoms with E-state index in [0.717, 1.165) is 18.4 Å². The number of aliphatic carboxylic acids is 1. The summed E-state index contributed by atoms with van der Waals surface area (Å²) in [5, 5.41) is 13.8. The first-order valence-corrected chi connectivity index (χ1v) is 9.18. The number of benzene rings is 1. The van der Waals surface area contributed by atoms with Crippen LogP contribution in [0.4, 0.5) is 4.79 Å². The van der Waals surface area contributed by atoms with Crippen LogP contribution >= 0.6 is 0 Å². The van der Waals surface area contributed by atoms with Gasteiger partial charge >= 0.3 is 18.0 Å². The average Bonchev–Trinajstić information content (AvgIpc) is 2.62. The topological polar surface area (TPSA) is 122 Å². The fourth-order valence-electron chi connectivity index (χ4n) is 2.10. The molecule has 0 radical (unpaired) electrons. The van der Waals surface area contributed by atoms with E-state index in [2.05, 4.69) is 10.6 Å². The molecular weight excluding hydrogens is 364 g/mol. The van der Waals surface area contributed by atoms with E-state index in [9.17, 15) is 19.2 Å². The number of nitrogens with one attached hydrogen (secondary N) is 2. The van der Waals surface area contributed by atoms with Gasteiger partial charge in [-0.15, -0.1) is 0 Å². The van der Waals surface area contributed by atoms with Gasteiger partial charge in [0, 0.05) is 25.1 Å². The van der Waals surface area contributed by atoms with Crippen molar-refractivity contribution in [1.29, 1.82) is 0 Å². The molecule has 0 unspecified atom stereocenters. The smallest absolute Gasteiger partial charge is 0.415 e. The number of esters is 1. The van der Waals surface area contributed by atoms with E-state index in [-0.39, 0.29) is 18.9 Å². The van der Waals surface area contributed by atoms with Crippen LogP contribution in [0.25, 0.3) is 0 Å². The Balaban J connectivity index is 2.34. The van der Waals surface area contributed by atoms with Crippen LogP contribution in [0, 0.1) is 5.41 Å². The molecule has 1 rings (SSSR count). The van der Waals surface area contributed by atoms with Gasteiger partial charge in [0.1, 0.15) is 0 Å². The molecule has 0 saturated carbocycles. The van der Waals surface area contributed by atoms with Crippen LogP contribution in [0.3, 0.4) is 0 Å². The molecule has 0 aliphatic rings. The largest absolute Gasteiger partial charge is 0.481 e. The van der Waals surface area contributed by atoms with E-state index in [1.807, 2.05) is 0 Å². The quantitative estimate of drug-likeness (QED) is 0.337. The Morgan fingerprint density at radius 2 is 1.61 bits per heavy atom. The molecule has 1 aromatic carbocycles. The first-order chi connectivity index (χ1) is 13.1. The monoisotopic (exact) mass is 392 g/mol. The second-order valence-corrected chi connectivity index (χ2v) is 7.44. The van der Waals surface area contributed by atoms with Crippen molar-refractivity contribution in [2.45, 2.75) is 53.0 Å². The number of ether oxygens (including phenoxy) is 1. The first kappa shape index (κ1) is 23.1. The molecule has 0 aromatic heterocycles. The zero-order chi connectivity index (χ0) is 21.2. The van der Waals surface area contributed by atoms with Gasteiger partial charge in [0.2, 0.25) is 0 Å². The van der Waals surface area contributed by atoms with E-state index in [1.165, 1.54) is 0 Å². The summed E-state index contributed by atoms with van der Waals surface area (Å²) >= 11 is 0. The van der Waals surface area contributed by atoms with Gasteiger partial charge in [-0.3, -0.25) is 14.4 Å². The summed E-state index contributed by atoms with van der Waals surface area (Å²) in [6, 6.07) is 6.69. The van der Waals surface area contributed by atoms with E-state index >= 15 is 0 Å². The SMILES string of the molecule is CC(C)(C)C(=O)OC(=O)NCc1ccc(C(=O)NCCCCCC(=O)O)cc1. The molecule has 0 spiro atoms. The Bertz CT molecular complexity index is 692. The van der Waals surface area contributed by atoms with Crippen LogP contribution in [-0.4, -0.2) is 35.6 Å². The number of carboxylic acids is 1. The molecule has 154 valence electrons. The predicted octanol–water partition coefficient (Wildman–Crippen LogP) is 2.86. The lowest BCUT2D eigenvalue weighted by Crippen LogP contribution is -2.32. The van der Waals surface area contributed by atoms with Gasteiger partial charge in [-0.05, 0) is 51.3 Å². The highest BCUT2D eigenvalue weighted by Gasteiger charge is 2.25. The third-order valence-corrected chi connectivity index (χ3v) is 3.80. The van der Waals surface area contributed by atoms with Crippen LogP contribution in [0.15, 0.2) is 24.3 Å². The van der Waals surface area contributed by atoms with Gasteiger partial charge in [0.25, 0.3) is 5.91 Å². The molecule has 1 aromatic rings. The Labute approximate surface area is 164 Å². The molecule has 0 aliphatic heterocycles. The molecule has 2 amide bonds. The summed E-state index contributed by atoms with van der Waals surface area (Å²) in [5.41, 5.74) is 0.480. The highest BCUT2D eigenvalue weighted by molar-refractivity contribution is 5.94. The Hall–Kier alpha value is -2.90. The Morgan fingerprint density at radius 1 is 0.964 bits per heavy atom. The maximum atomic E-state index is 12.0. The molecule has 0 aliphatic carbocycles. The zero-order valence-electron chi connectivity index (χ0n) is 16.5. The number of rotatable bonds is 9.